The number of rotatable bonds is 12. The van der Waals surface area contributed by atoms with E-state index in [2.05, 4.69) is 20.4 Å². The molecule has 0 spiro atoms. The van der Waals surface area contributed by atoms with Crippen molar-refractivity contribution >= 4 is 0 Å². The molecule has 0 aromatic heterocycles. The van der Waals surface area contributed by atoms with Crippen molar-refractivity contribution < 1.29 is 89.0 Å². The Bertz CT molecular complexity index is 1390. The highest BCUT2D eigenvalue weighted by Gasteiger charge is 2.55. The van der Waals surface area contributed by atoms with Gasteiger partial charge >= 0.3 is 0 Å². The number of hydrogen-bond acceptors (Lipinski definition) is 18. The van der Waals surface area contributed by atoms with Crippen LogP contribution in [0.5, 0.6) is 0 Å². The van der Waals surface area contributed by atoms with Gasteiger partial charge < -0.3 is 89.0 Å². The zero-order valence-electron chi connectivity index (χ0n) is 34.8. The van der Waals surface area contributed by atoms with E-state index in [1.807, 2.05) is 0 Å². The minimum absolute atomic E-state index is 0.0391. The lowest BCUT2D eigenvalue weighted by Crippen LogP contribution is -2.65. The molecular weight excluding hydrogens is 792 g/mol. The number of ether oxygens (including phenoxy) is 8. The molecule has 0 radical (unpaired) electrons. The Morgan fingerprint density at radius 2 is 1.45 bits per heavy atom. The highest BCUT2D eigenvalue weighted by atomic mass is 16.8. The van der Waals surface area contributed by atoms with E-state index in [4.69, 9.17) is 37.9 Å². The molecule has 23 atom stereocenters. The standard InChI is InChI=1S/C42H70O18/c1-19-5-4-11-42(3)24(19)7-6-21-13-20(2)27(9-8-25(21)42)56-41-38(60-40-35(51)31(47)26(46)17-53-40)37(59-30-15-22(45)14-23(16-44)55-30)33(49)29(58-41)18-54-39-36(52)34(50)32(48)28(57-39)10-12-43/h19,21-41,43-52H,2,4-18H2,1,3H3/t19-,21?,22-,23-,24+,25+,26-,27?,28+,29+,30-,31+,32+,33+,34-,35+,36+,37-,38+,39+,40-,41+,42+/m0/s1. The van der Waals surface area contributed by atoms with Gasteiger partial charge in [0.15, 0.2) is 25.2 Å². The second-order valence-corrected chi connectivity index (χ2v) is 18.8. The van der Waals surface area contributed by atoms with Crippen molar-refractivity contribution in [3.63, 3.8) is 0 Å². The lowest BCUT2D eigenvalue weighted by Gasteiger charge is -2.56. The summed E-state index contributed by atoms with van der Waals surface area (Å²) in [6.45, 7) is 7.69. The van der Waals surface area contributed by atoms with Gasteiger partial charge in [-0.25, -0.2) is 0 Å². The maximum Gasteiger partial charge on any atom is 0.187 e. The highest BCUT2D eigenvalue weighted by Crippen LogP contribution is 2.60. The summed E-state index contributed by atoms with van der Waals surface area (Å²) >= 11 is 0. The topological polar surface area (TPSA) is 276 Å². The summed E-state index contributed by atoms with van der Waals surface area (Å²) in [4.78, 5) is 0. The molecular formula is C42H70O18. The van der Waals surface area contributed by atoms with Gasteiger partial charge in [-0.05, 0) is 79.6 Å². The van der Waals surface area contributed by atoms with Gasteiger partial charge in [0.2, 0.25) is 0 Å². The molecule has 4 aliphatic heterocycles. The Balaban J connectivity index is 1.17. The highest BCUT2D eigenvalue weighted by molar-refractivity contribution is 5.12. The van der Waals surface area contributed by atoms with Crippen LogP contribution in [0, 0.1) is 29.1 Å². The van der Waals surface area contributed by atoms with Crippen molar-refractivity contribution in [1.29, 1.82) is 0 Å². The summed E-state index contributed by atoms with van der Waals surface area (Å²) in [7, 11) is 0. The first-order valence-corrected chi connectivity index (χ1v) is 22.1. The van der Waals surface area contributed by atoms with Crippen LogP contribution in [-0.4, -0.2) is 188 Å². The van der Waals surface area contributed by atoms with Crippen LogP contribution in [0.2, 0.25) is 0 Å². The Hall–Kier alpha value is -0.980. The van der Waals surface area contributed by atoms with Crippen LogP contribution >= 0.6 is 0 Å². The molecule has 7 fully saturated rings. The van der Waals surface area contributed by atoms with E-state index in [-0.39, 0.29) is 37.9 Å². The number of aliphatic hydroxyl groups is 10. The van der Waals surface area contributed by atoms with E-state index in [1.54, 1.807) is 0 Å². The van der Waals surface area contributed by atoms with E-state index in [9.17, 15) is 51.1 Å². The van der Waals surface area contributed by atoms with Gasteiger partial charge in [-0.3, -0.25) is 0 Å². The monoisotopic (exact) mass is 862 g/mol. The second kappa shape index (κ2) is 20.0. The zero-order chi connectivity index (χ0) is 43.0. The summed E-state index contributed by atoms with van der Waals surface area (Å²) in [6, 6.07) is 0. The molecule has 346 valence electrons. The summed E-state index contributed by atoms with van der Waals surface area (Å²) < 4.78 is 49.3. The van der Waals surface area contributed by atoms with Crippen LogP contribution in [0.4, 0.5) is 0 Å². The number of aliphatic hydroxyl groups excluding tert-OH is 10. The zero-order valence-corrected chi connectivity index (χ0v) is 34.8. The van der Waals surface area contributed by atoms with Gasteiger partial charge in [0.1, 0.15) is 61.0 Å². The molecule has 18 nitrogen and oxygen atoms in total. The van der Waals surface area contributed by atoms with E-state index in [1.165, 1.54) is 25.7 Å². The first-order valence-electron chi connectivity index (χ1n) is 22.1. The molecule has 3 saturated carbocycles. The van der Waals surface area contributed by atoms with Crippen LogP contribution in [0.15, 0.2) is 12.2 Å². The first-order chi connectivity index (χ1) is 28.6. The average molecular weight is 863 g/mol. The predicted molar refractivity (Wildman–Crippen MR) is 206 cm³/mol. The molecule has 0 bridgehead atoms. The number of hydrogen-bond donors (Lipinski definition) is 10. The summed E-state index contributed by atoms with van der Waals surface area (Å²) in [5, 5.41) is 106. The van der Waals surface area contributed by atoms with Gasteiger partial charge in [0.25, 0.3) is 0 Å². The molecule has 0 aromatic rings. The quantitative estimate of drug-likeness (QED) is 0.105. The molecule has 3 aliphatic carbocycles. The summed E-state index contributed by atoms with van der Waals surface area (Å²) in [5.41, 5.74) is 1.06. The third-order valence-corrected chi connectivity index (χ3v) is 14.9. The van der Waals surface area contributed by atoms with Crippen molar-refractivity contribution in [2.24, 2.45) is 29.1 Å². The van der Waals surface area contributed by atoms with Gasteiger partial charge in [-0.1, -0.05) is 33.3 Å². The average Bonchev–Trinajstić information content (AvgIpc) is 3.38. The van der Waals surface area contributed by atoms with Crippen molar-refractivity contribution in [3.05, 3.63) is 12.2 Å². The second-order valence-electron chi connectivity index (χ2n) is 18.8. The molecule has 10 N–H and O–H groups in total. The van der Waals surface area contributed by atoms with Gasteiger partial charge in [0, 0.05) is 19.4 Å². The molecule has 4 heterocycles. The van der Waals surface area contributed by atoms with Crippen molar-refractivity contribution in [3.8, 4) is 0 Å². The third kappa shape index (κ3) is 9.82. The Labute approximate surface area is 351 Å². The molecule has 18 heteroatoms. The molecule has 0 aromatic carbocycles. The molecule has 7 aliphatic rings. The minimum atomic E-state index is -1.74. The fourth-order valence-electron chi connectivity index (χ4n) is 11.6. The minimum Gasteiger partial charge on any atom is -0.396 e. The molecule has 0 amide bonds. The van der Waals surface area contributed by atoms with E-state index >= 15 is 0 Å². The molecule has 60 heavy (non-hydrogen) atoms. The maximum atomic E-state index is 12.1. The van der Waals surface area contributed by atoms with Gasteiger partial charge in [0.05, 0.1) is 44.2 Å². The van der Waals surface area contributed by atoms with Crippen molar-refractivity contribution in [2.75, 3.05) is 26.4 Å². The Morgan fingerprint density at radius 1 is 0.717 bits per heavy atom. The van der Waals surface area contributed by atoms with Gasteiger partial charge in [-0.2, -0.15) is 0 Å². The van der Waals surface area contributed by atoms with Crippen molar-refractivity contribution in [2.45, 2.75) is 195 Å². The van der Waals surface area contributed by atoms with E-state index in [0.29, 0.717) is 30.1 Å². The van der Waals surface area contributed by atoms with Crippen LogP contribution in [0.3, 0.4) is 0 Å². The normalized spacial score (nSPS) is 51.6. The predicted octanol–water partition coefficient (Wildman–Crippen LogP) is -1.06. The maximum absolute atomic E-state index is 12.1. The smallest absolute Gasteiger partial charge is 0.187 e. The SMILES string of the molecule is C=C1CC2CC[C@@H]3[C@@H](C)CCC[C@@]3(C)[C@@H]2CCC1O[C@@H]1O[C@H](CO[C@@H]2O[C@H](CCO)[C@@H](O)[C@H](O)[C@H]2O)[C@@H](O)[C@H](O[C@H]2C[C@@H](O)C[C@@H](CO)O2)[C@H]1O[C@@H]1OC[C@H](O)[C@@H](O)[C@H]1O. The van der Waals surface area contributed by atoms with Gasteiger partial charge in [-0.15, -0.1) is 0 Å². The Kier molecular flexibility index (Phi) is 15.7. The van der Waals surface area contributed by atoms with E-state index in [0.717, 1.165) is 24.8 Å². The van der Waals surface area contributed by atoms with E-state index < -0.39 is 124 Å². The third-order valence-electron chi connectivity index (χ3n) is 14.9. The fraction of sp³-hybridized carbons (Fsp3) is 0.952. The molecule has 7 rings (SSSR count). The molecule has 4 saturated heterocycles. The molecule has 2 unspecified atom stereocenters. The lowest BCUT2D eigenvalue weighted by molar-refractivity contribution is -0.383. The summed E-state index contributed by atoms with van der Waals surface area (Å²) in [6.07, 6.45) is -16.3. The summed E-state index contributed by atoms with van der Waals surface area (Å²) in [5.74, 6) is 2.19. The largest absolute Gasteiger partial charge is 0.396 e. The number of fused-ring (bicyclic) bond motifs is 3. The lowest BCUT2D eigenvalue weighted by atomic mass is 9.49. The fourth-order valence-corrected chi connectivity index (χ4v) is 11.6. The Morgan fingerprint density at radius 3 is 2.20 bits per heavy atom. The van der Waals surface area contributed by atoms with Crippen LogP contribution in [0.1, 0.15) is 84.5 Å². The van der Waals surface area contributed by atoms with Crippen LogP contribution < -0.4 is 0 Å². The van der Waals surface area contributed by atoms with Crippen LogP contribution in [0.25, 0.3) is 0 Å². The first kappa shape index (κ1) is 47.0. The van der Waals surface area contributed by atoms with Crippen molar-refractivity contribution in [1.82, 2.24) is 0 Å². The van der Waals surface area contributed by atoms with Crippen LogP contribution in [-0.2, 0) is 37.9 Å².